The minimum atomic E-state index is -0.376. The van der Waals surface area contributed by atoms with E-state index in [1.165, 1.54) is 0 Å². The van der Waals surface area contributed by atoms with Gasteiger partial charge < -0.3 is 14.2 Å². The van der Waals surface area contributed by atoms with Gasteiger partial charge in [-0.2, -0.15) is 0 Å². The molecule has 1 aromatic carbocycles. The van der Waals surface area contributed by atoms with Crippen molar-refractivity contribution in [3.8, 4) is 11.5 Å². The Morgan fingerprint density at radius 2 is 2.10 bits per heavy atom. The zero-order valence-corrected chi connectivity index (χ0v) is 12.3. The van der Waals surface area contributed by atoms with Crippen molar-refractivity contribution in [2.45, 2.75) is 33.3 Å². The summed E-state index contributed by atoms with van der Waals surface area (Å²) in [4.78, 5) is 11.5. The molecule has 0 aliphatic carbocycles. The maximum atomic E-state index is 11.5. The fourth-order valence-electron chi connectivity index (χ4n) is 1.70. The van der Waals surface area contributed by atoms with Gasteiger partial charge in [0.25, 0.3) is 0 Å². The summed E-state index contributed by atoms with van der Waals surface area (Å²) >= 11 is 0. The van der Waals surface area contributed by atoms with Gasteiger partial charge in [-0.15, -0.1) is 6.58 Å². The number of esters is 1. The lowest BCUT2D eigenvalue weighted by molar-refractivity contribution is -0.149. The topological polar surface area (TPSA) is 44.8 Å². The molecular weight excluding hydrogens is 256 g/mol. The Bertz CT molecular complexity index is 452. The average Bonchev–Trinajstić information content (AvgIpc) is 2.38. The van der Waals surface area contributed by atoms with Crippen LogP contribution < -0.4 is 9.47 Å². The first-order valence-corrected chi connectivity index (χ1v) is 6.75. The molecular formula is C16H22O4. The fraction of sp³-hybridized carbons (Fsp3) is 0.438. The molecule has 20 heavy (non-hydrogen) atoms. The first-order chi connectivity index (χ1) is 9.56. The highest BCUT2D eigenvalue weighted by molar-refractivity contribution is 5.71. The number of carbonyl (C=O) groups is 1. The van der Waals surface area contributed by atoms with Crippen LogP contribution >= 0.6 is 0 Å². The van der Waals surface area contributed by atoms with Crippen molar-refractivity contribution >= 4 is 5.97 Å². The number of rotatable bonds is 8. The molecule has 0 atom stereocenters. The number of allylic oxidation sites excluding steroid dienone is 1. The number of hydrogen-bond acceptors (Lipinski definition) is 4. The van der Waals surface area contributed by atoms with Gasteiger partial charge in [-0.25, -0.2) is 4.79 Å². The van der Waals surface area contributed by atoms with E-state index in [0.717, 1.165) is 11.3 Å². The van der Waals surface area contributed by atoms with Crippen molar-refractivity contribution in [3.63, 3.8) is 0 Å². The van der Waals surface area contributed by atoms with E-state index in [-0.39, 0.29) is 18.7 Å². The second-order valence-electron chi connectivity index (χ2n) is 4.52. The summed E-state index contributed by atoms with van der Waals surface area (Å²) in [5.41, 5.74) is 0.934. The van der Waals surface area contributed by atoms with Crippen molar-refractivity contribution in [1.82, 2.24) is 0 Å². The van der Waals surface area contributed by atoms with E-state index in [9.17, 15) is 4.79 Å². The second kappa shape index (κ2) is 8.25. The molecule has 0 N–H and O–H groups in total. The highest BCUT2D eigenvalue weighted by atomic mass is 16.6. The molecule has 0 spiro atoms. The van der Waals surface area contributed by atoms with Gasteiger partial charge in [-0.1, -0.05) is 6.08 Å². The molecule has 0 aromatic heterocycles. The lowest BCUT2D eigenvalue weighted by Gasteiger charge is -2.13. The van der Waals surface area contributed by atoms with Crippen LogP contribution in [0.5, 0.6) is 11.5 Å². The summed E-state index contributed by atoms with van der Waals surface area (Å²) in [5.74, 6) is 1.05. The highest BCUT2D eigenvalue weighted by Crippen LogP contribution is 2.25. The van der Waals surface area contributed by atoms with Crippen molar-refractivity contribution in [2.24, 2.45) is 0 Å². The third kappa shape index (κ3) is 5.34. The van der Waals surface area contributed by atoms with E-state index in [4.69, 9.17) is 14.2 Å². The molecule has 4 heteroatoms. The van der Waals surface area contributed by atoms with Crippen LogP contribution in [0.2, 0.25) is 0 Å². The maximum Gasteiger partial charge on any atom is 0.344 e. The molecule has 110 valence electrons. The number of ether oxygens (including phenoxy) is 3. The molecule has 0 saturated heterocycles. The summed E-state index contributed by atoms with van der Waals surface area (Å²) < 4.78 is 16.0. The monoisotopic (exact) mass is 278 g/mol. The van der Waals surface area contributed by atoms with Crippen LogP contribution in [0.3, 0.4) is 0 Å². The molecule has 4 nitrogen and oxygen atoms in total. The minimum Gasteiger partial charge on any atom is -0.494 e. The first-order valence-electron chi connectivity index (χ1n) is 6.75. The van der Waals surface area contributed by atoms with Gasteiger partial charge in [0.2, 0.25) is 0 Å². The van der Waals surface area contributed by atoms with Gasteiger partial charge in [0, 0.05) is 5.56 Å². The van der Waals surface area contributed by atoms with Crippen LogP contribution in [0.1, 0.15) is 26.3 Å². The quantitative estimate of drug-likeness (QED) is 0.541. The van der Waals surface area contributed by atoms with Gasteiger partial charge in [-0.3, -0.25) is 0 Å². The zero-order chi connectivity index (χ0) is 15.0. The third-order valence-corrected chi connectivity index (χ3v) is 2.42. The molecule has 0 aliphatic heterocycles. The molecule has 0 amide bonds. The van der Waals surface area contributed by atoms with Crippen LogP contribution in [0.4, 0.5) is 0 Å². The van der Waals surface area contributed by atoms with Crippen molar-refractivity contribution in [2.75, 3.05) is 13.2 Å². The first kappa shape index (κ1) is 16.1. The Hall–Kier alpha value is -1.97. The Kier molecular flexibility index (Phi) is 6.64. The van der Waals surface area contributed by atoms with Gasteiger partial charge >= 0.3 is 5.97 Å². The van der Waals surface area contributed by atoms with Crippen molar-refractivity contribution in [3.05, 3.63) is 36.4 Å². The number of carbonyl (C=O) groups excluding carboxylic acids is 1. The normalized spacial score (nSPS) is 10.2. The molecule has 1 aromatic rings. The van der Waals surface area contributed by atoms with E-state index >= 15 is 0 Å². The Morgan fingerprint density at radius 1 is 1.35 bits per heavy atom. The van der Waals surface area contributed by atoms with Gasteiger partial charge in [0.15, 0.2) is 6.61 Å². The van der Waals surface area contributed by atoms with Crippen LogP contribution in [0.15, 0.2) is 30.9 Å². The Labute approximate surface area is 120 Å². The second-order valence-corrected chi connectivity index (χ2v) is 4.52. The standard InChI is InChI=1S/C16H22O4/c1-5-7-13-10-14(18-6-2)8-9-15(13)19-11-16(17)20-12(3)4/h5,8-10,12H,1,6-7,11H2,2-4H3. The van der Waals surface area contributed by atoms with Crippen LogP contribution in [0.25, 0.3) is 0 Å². The SMILES string of the molecule is C=CCc1cc(OCC)ccc1OCC(=O)OC(C)C. The zero-order valence-electron chi connectivity index (χ0n) is 12.3. The molecule has 0 fully saturated rings. The lowest BCUT2D eigenvalue weighted by atomic mass is 10.1. The van der Waals surface area contributed by atoms with Crippen LogP contribution in [-0.4, -0.2) is 25.3 Å². The number of benzene rings is 1. The molecule has 0 aliphatic rings. The molecule has 0 heterocycles. The fourth-order valence-corrected chi connectivity index (χ4v) is 1.70. The largest absolute Gasteiger partial charge is 0.494 e. The summed E-state index contributed by atoms with van der Waals surface area (Å²) in [6.07, 6.45) is 2.29. The molecule has 1 rings (SSSR count). The summed E-state index contributed by atoms with van der Waals surface area (Å²) in [6, 6.07) is 5.51. The summed E-state index contributed by atoms with van der Waals surface area (Å²) in [6.45, 7) is 9.76. The van der Waals surface area contributed by atoms with E-state index in [2.05, 4.69) is 6.58 Å². The molecule has 0 saturated carbocycles. The Balaban J connectivity index is 2.72. The van der Waals surface area contributed by atoms with Crippen molar-refractivity contribution < 1.29 is 19.0 Å². The van der Waals surface area contributed by atoms with Gasteiger partial charge in [0.05, 0.1) is 12.7 Å². The van der Waals surface area contributed by atoms with E-state index in [0.29, 0.717) is 18.8 Å². The van der Waals surface area contributed by atoms with E-state index in [1.54, 1.807) is 26.0 Å². The maximum absolute atomic E-state index is 11.5. The number of hydrogen-bond donors (Lipinski definition) is 0. The molecule has 0 unspecified atom stereocenters. The molecule has 0 bridgehead atoms. The minimum absolute atomic E-state index is 0.101. The van der Waals surface area contributed by atoms with Crippen LogP contribution in [0, 0.1) is 0 Å². The van der Waals surface area contributed by atoms with Crippen LogP contribution in [-0.2, 0) is 16.0 Å². The summed E-state index contributed by atoms with van der Waals surface area (Å²) in [7, 11) is 0. The lowest BCUT2D eigenvalue weighted by Crippen LogP contribution is -2.19. The predicted molar refractivity (Wildman–Crippen MR) is 78.2 cm³/mol. The smallest absolute Gasteiger partial charge is 0.344 e. The molecule has 0 radical (unpaired) electrons. The van der Waals surface area contributed by atoms with Crippen molar-refractivity contribution in [1.29, 1.82) is 0 Å². The predicted octanol–water partition coefficient (Wildman–Crippen LogP) is 3.14. The van der Waals surface area contributed by atoms with E-state index in [1.807, 2.05) is 19.1 Å². The van der Waals surface area contributed by atoms with Gasteiger partial charge in [0.1, 0.15) is 11.5 Å². The Morgan fingerprint density at radius 3 is 2.70 bits per heavy atom. The highest BCUT2D eigenvalue weighted by Gasteiger charge is 2.10. The third-order valence-electron chi connectivity index (χ3n) is 2.42. The average molecular weight is 278 g/mol. The van der Waals surface area contributed by atoms with E-state index < -0.39 is 0 Å². The summed E-state index contributed by atoms with van der Waals surface area (Å²) in [5, 5.41) is 0. The van der Waals surface area contributed by atoms with Gasteiger partial charge in [-0.05, 0) is 45.4 Å².